The van der Waals surface area contributed by atoms with Gasteiger partial charge in [0.15, 0.2) is 0 Å². The Morgan fingerprint density at radius 3 is 2.35 bits per heavy atom. The number of rotatable bonds is 7. The van der Waals surface area contributed by atoms with Crippen LogP contribution in [0.1, 0.15) is 59.8 Å². The normalized spacial score (nSPS) is 23.5. The number of carbonyl (C=O) groups excluding carboxylic acids is 1. The summed E-state index contributed by atoms with van der Waals surface area (Å²) in [4.78, 5) is 13.8. The SMILES string of the molecule is CCCC(C)(C=O)CN1CCC(CC)(CC)C1. The summed E-state index contributed by atoms with van der Waals surface area (Å²) >= 11 is 0. The molecule has 1 aliphatic heterocycles. The molecule has 0 aromatic rings. The fraction of sp³-hybridized carbons (Fsp3) is 0.933. The van der Waals surface area contributed by atoms with Crippen LogP contribution >= 0.6 is 0 Å². The molecule has 0 bridgehead atoms. The van der Waals surface area contributed by atoms with Crippen LogP contribution in [0.15, 0.2) is 0 Å². The second-order valence-corrected chi connectivity index (χ2v) is 6.19. The first-order valence-corrected chi connectivity index (χ1v) is 7.22. The van der Waals surface area contributed by atoms with E-state index in [0.29, 0.717) is 5.41 Å². The van der Waals surface area contributed by atoms with Crippen LogP contribution in [0.2, 0.25) is 0 Å². The van der Waals surface area contributed by atoms with Crippen molar-refractivity contribution in [3.8, 4) is 0 Å². The number of nitrogens with zero attached hydrogens (tertiary/aromatic N) is 1. The molecule has 0 N–H and O–H groups in total. The van der Waals surface area contributed by atoms with Crippen molar-refractivity contribution in [1.82, 2.24) is 4.90 Å². The highest BCUT2D eigenvalue weighted by Crippen LogP contribution is 2.38. The maximum absolute atomic E-state index is 11.3. The average molecular weight is 239 g/mol. The van der Waals surface area contributed by atoms with Gasteiger partial charge in [-0.15, -0.1) is 0 Å². The van der Waals surface area contributed by atoms with Crippen LogP contribution in [0, 0.1) is 10.8 Å². The van der Waals surface area contributed by atoms with E-state index in [9.17, 15) is 4.79 Å². The molecule has 0 radical (unpaired) electrons. The summed E-state index contributed by atoms with van der Waals surface area (Å²) < 4.78 is 0. The van der Waals surface area contributed by atoms with Crippen molar-refractivity contribution >= 4 is 6.29 Å². The fourth-order valence-corrected chi connectivity index (χ4v) is 3.25. The van der Waals surface area contributed by atoms with Crippen LogP contribution in [-0.4, -0.2) is 30.8 Å². The third-order valence-corrected chi connectivity index (χ3v) is 4.71. The van der Waals surface area contributed by atoms with Crippen LogP contribution in [0.3, 0.4) is 0 Å². The van der Waals surface area contributed by atoms with Crippen molar-refractivity contribution < 1.29 is 4.79 Å². The fourth-order valence-electron chi connectivity index (χ4n) is 3.25. The summed E-state index contributed by atoms with van der Waals surface area (Å²) in [5.41, 5.74) is 0.391. The quantitative estimate of drug-likeness (QED) is 0.634. The van der Waals surface area contributed by atoms with Gasteiger partial charge in [0, 0.05) is 18.5 Å². The molecular formula is C15H29NO. The number of likely N-dealkylation sites (tertiary alicyclic amines) is 1. The molecule has 0 spiro atoms. The monoisotopic (exact) mass is 239 g/mol. The predicted octanol–water partition coefficient (Wildman–Crippen LogP) is 3.50. The highest BCUT2D eigenvalue weighted by Gasteiger charge is 2.37. The third-order valence-electron chi connectivity index (χ3n) is 4.71. The molecule has 1 saturated heterocycles. The van der Waals surface area contributed by atoms with E-state index in [-0.39, 0.29) is 5.41 Å². The van der Waals surface area contributed by atoms with Gasteiger partial charge < -0.3 is 9.69 Å². The molecule has 1 unspecified atom stereocenters. The van der Waals surface area contributed by atoms with Gasteiger partial charge in [-0.3, -0.25) is 0 Å². The van der Waals surface area contributed by atoms with Crippen LogP contribution in [0.4, 0.5) is 0 Å². The Morgan fingerprint density at radius 1 is 1.29 bits per heavy atom. The van der Waals surface area contributed by atoms with Crippen LogP contribution < -0.4 is 0 Å². The number of carbonyl (C=O) groups is 1. The van der Waals surface area contributed by atoms with Gasteiger partial charge >= 0.3 is 0 Å². The average Bonchev–Trinajstić information content (AvgIpc) is 2.73. The van der Waals surface area contributed by atoms with E-state index in [1.54, 1.807) is 0 Å². The van der Waals surface area contributed by atoms with Crippen molar-refractivity contribution in [3.05, 3.63) is 0 Å². The Bertz CT molecular complexity index is 247. The van der Waals surface area contributed by atoms with E-state index in [1.165, 1.54) is 38.6 Å². The van der Waals surface area contributed by atoms with Gasteiger partial charge in [-0.2, -0.15) is 0 Å². The van der Waals surface area contributed by atoms with Gasteiger partial charge in [0.25, 0.3) is 0 Å². The largest absolute Gasteiger partial charge is 0.303 e. The molecule has 0 saturated carbocycles. The van der Waals surface area contributed by atoms with Gasteiger partial charge in [-0.25, -0.2) is 0 Å². The maximum atomic E-state index is 11.3. The summed E-state index contributed by atoms with van der Waals surface area (Å²) in [6.07, 6.45) is 7.13. The first-order chi connectivity index (χ1) is 8.03. The Labute approximate surface area is 107 Å². The van der Waals surface area contributed by atoms with E-state index >= 15 is 0 Å². The lowest BCUT2D eigenvalue weighted by atomic mass is 9.81. The molecule has 0 aromatic carbocycles. The lowest BCUT2D eigenvalue weighted by Gasteiger charge is -2.31. The molecule has 1 aliphatic rings. The second kappa shape index (κ2) is 5.99. The van der Waals surface area contributed by atoms with Crippen LogP contribution in [0.25, 0.3) is 0 Å². The van der Waals surface area contributed by atoms with Crippen molar-refractivity contribution in [3.63, 3.8) is 0 Å². The minimum Gasteiger partial charge on any atom is -0.303 e. The minimum atomic E-state index is -0.133. The number of hydrogen-bond acceptors (Lipinski definition) is 2. The topological polar surface area (TPSA) is 20.3 Å². The van der Waals surface area contributed by atoms with E-state index in [2.05, 4.69) is 32.6 Å². The summed E-state index contributed by atoms with van der Waals surface area (Å²) in [6.45, 7) is 12.2. The second-order valence-electron chi connectivity index (χ2n) is 6.19. The van der Waals surface area contributed by atoms with Gasteiger partial charge in [-0.05, 0) is 37.6 Å². The van der Waals surface area contributed by atoms with Crippen molar-refractivity contribution in [1.29, 1.82) is 0 Å². The Kier molecular flexibility index (Phi) is 5.18. The zero-order chi connectivity index (χ0) is 12.9. The molecule has 0 amide bonds. The van der Waals surface area contributed by atoms with Gasteiger partial charge in [0.2, 0.25) is 0 Å². The van der Waals surface area contributed by atoms with Gasteiger partial charge in [0.05, 0.1) is 0 Å². The first kappa shape index (κ1) is 14.7. The van der Waals surface area contributed by atoms with E-state index in [0.717, 1.165) is 19.4 Å². The van der Waals surface area contributed by atoms with Crippen molar-refractivity contribution in [2.45, 2.75) is 59.8 Å². The molecule has 2 nitrogen and oxygen atoms in total. The van der Waals surface area contributed by atoms with E-state index in [4.69, 9.17) is 0 Å². The maximum Gasteiger partial charge on any atom is 0.127 e. The Balaban J connectivity index is 2.57. The summed E-state index contributed by atoms with van der Waals surface area (Å²) in [5.74, 6) is 0. The predicted molar refractivity (Wildman–Crippen MR) is 73.2 cm³/mol. The minimum absolute atomic E-state index is 0.133. The van der Waals surface area contributed by atoms with Gasteiger partial charge in [-0.1, -0.05) is 34.1 Å². The molecule has 1 fully saturated rings. The third kappa shape index (κ3) is 3.54. The van der Waals surface area contributed by atoms with E-state index < -0.39 is 0 Å². The molecule has 0 aliphatic carbocycles. The molecule has 17 heavy (non-hydrogen) atoms. The Hall–Kier alpha value is -0.370. The molecule has 1 heterocycles. The highest BCUT2D eigenvalue weighted by molar-refractivity contribution is 5.59. The molecule has 1 rings (SSSR count). The molecule has 2 heteroatoms. The van der Waals surface area contributed by atoms with E-state index in [1.807, 2.05) is 0 Å². The molecular weight excluding hydrogens is 210 g/mol. The highest BCUT2D eigenvalue weighted by atomic mass is 16.1. The zero-order valence-corrected chi connectivity index (χ0v) is 12.1. The van der Waals surface area contributed by atoms with Crippen LogP contribution in [0.5, 0.6) is 0 Å². The lowest BCUT2D eigenvalue weighted by Crippen LogP contribution is -2.37. The number of hydrogen-bond donors (Lipinski definition) is 0. The smallest absolute Gasteiger partial charge is 0.127 e. The van der Waals surface area contributed by atoms with Crippen LogP contribution in [-0.2, 0) is 4.79 Å². The standard InChI is InChI=1S/C15H29NO/c1-5-8-14(4,13-17)11-16-10-9-15(6-2,7-3)12-16/h13H,5-12H2,1-4H3. The van der Waals surface area contributed by atoms with Gasteiger partial charge in [0.1, 0.15) is 6.29 Å². The van der Waals surface area contributed by atoms with Crippen molar-refractivity contribution in [2.75, 3.05) is 19.6 Å². The summed E-state index contributed by atoms with van der Waals surface area (Å²) in [7, 11) is 0. The molecule has 1 atom stereocenters. The molecule has 100 valence electrons. The number of aldehydes is 1. The summed E-state index contributed by atoms with van der Waals surface area (Å²) in [6, 6.07) is 0. The van der Waals surface area contributed by atoms with Crippen molar-refractivity contribution in [2.24, 2.45) is 10.8 Å². The molecule has 0 aromatic heterocycles. The Morgan fingerprint density at radius 2 is 1.94 bits per heavy atom. The summed E-state index contributed by atoms with van der Waals surface area (Å²) in [5, 5.41) is 0. The first-order valence-electron chi connectivity index (χ1n) is 7.22. The zero-order valence-electron chi connectivity index (χ0n) is 12.1. The lowest BCUT2D eigenvalue weighted by molar-refractivity contribution is -0.116.